The van der Waals surface area contributed by atoms with Crippen LogP contribution in [0.5, 0.6) is 0 Å². The van der Waals surface area contributed by atoms with Crippen LogP contribution in [0.1, 0.15) is 12.0 Å². The van der Waals surface area contributed by atoms with E-state index in [2.05, 4.69) is 5.32 Å². The van der Waals surface area contributed by atoms with Crippen LogP contribution < -0.4 is 10.2 Å². The average molecular weight is 374 g/mol. The normalized spacial score (nSPS) is 16.6. The number of benzene rings is 2. The molecule has 0 saturated carbocycles. The van der Waals surface area contributed by atoms with Gasteiger partial charge in [-0.3, -0.25) is 19.7 Å². The lowest BCUT2D eigenvalue weighted by atomic mass is 10.1. The molecule has 1 N–H and O–H groups in total. The first-order valence-electron chi connectivity index (χ1n) is 7.97. The molecule has 1 saturated heterocycles. The topological polar surface area (TPSA) is 92.6 Å². The number of rotatable bonds is 4. The zero-order chi connectivity index (χ0) is 18.8. The summed E-state index contributed by atoms with van der Waals surface area (Å²) in [6.07, 6.45) is 0.0497. The third kappa shape index (κ3) is 3.67. The first-order valence-corrected chi connectivity index (χ1v) is 8.35. The van der Waals surface area contributed by atoms with E-state index in [1.54, 1.807) is 24.3 Å². The maximum atomic E-state index is 12.5. The zero-order valence-corrected chi connectivity index (χ0v) is 14.7. The lowest BCUT2D eigenvalue weighted by Crippen LogP contribution is -2.28. The first-order chi connectivity index (χ1) is 12.3. The molecule has 2 amide bonds. The molecule has 0 radical (unpaired) electrons. The molecule has 2 aromatic rings. The molecule has 0 spiro atoms. The number of hydrogen-bond donors (Lipinski definition) is 1. The molecule has 8 heteroatoms. The third-order valence-corrected chi connectivity index (χ3v) is 4.54. The number of aryl methyl sites for hydroxylation is 1. The molecule has 1 aliphatic rings. The lowest BCUT2D eigenvalue weighted by Gasteiger charge is -2.17. The molecule has 7 nitrogen and oxygen atoms in total. The number of carbonyl (C=O) groups excluding carboxylic acids is 2. The molecule has 0 aliphatic carbocycles. The number of carbonyl (C=O) groups is 2. The van der Waals surface area contributed by atoms with E-state index >= 15 is 0 Å². The van der Waals surface area contributed by atoms with Crippen LogP contribution in [0.25, 0.3) is 0 Å². The van der Waals surface area contributed by atoms with E-state index < -0.39 is 10.8 Å². The summed E-state index contributed by atoms with van der Waals surface area (Å²) in [6.45, 7) is 2.02. The number of nitrogens with zero attached hydrogens (tertiary/aromatic N) is 2. The predicted molar refractivity (Wildman–Crippen MR) is 98.4 cm³/mol. The SMILES string of the molecule is Cc1ccc(Cl)cc1NC(=O)[C@H]1CC(=O)N(c2cccc([N+](=O)[O-])c2)C1. The Hall–Kier alpha value is -2.93. The molecule has 2 aromatic carbocycles. The van der Waals surface area contributed by atoms with Gasteiger partial charge in [-0.2, -0.15) is 0 Å². The number of hydrogen-bond acceptors (Lipinski definition) is 4. The van der Waals surface area contributed by atoms with Crippen LogP contribution >= 0.6 is 11.6 Å². The van der Waals surface area contributed by atoms with Crippen molar-refractivity contribution < 1.29 is 14.5 Å². The summed E-state index contributed by atoms with van der Waals surface area (Å²) in [7, 11) is 0. The van der Waals surface area contributed by atoms with Gasteiger partial charge in [-0.1, -0.05) is 23.7 Å². The Bertz CT molecular complexity index is 900. The minimum atomic E-state index is -0.542. The molecule has 1 aliphatic heterocycles. The zero-order valence-electron chi connectivity index (χ0n) is 13.9. The van der Waals surface area contributed by atoms with E-state index in [0.29, 0.717) is 16.4 Å². The van der Waals surface area contributed by atoms with Crippen molar-refractivity contribution in [1.82, 2.24) is 0 Å². The molecule has 134 valence electrons. The number of halogens is 1. The first kappa shape index (κ1) is 17.9. The lowest BCUT2D eigenvalue weighted by molar-refractivity contribution is -0.384. The molecular formula is C18H16ClN3O4. The van der Waals surface area contributed by atoms with Crippen molar-refractivity contribution in [2.75, 3.05) is 16.8 Å². The van der Waals surface area contributed by atoms with Crippen molar-refractivity contribution in [3.63, 3.8) is 0 Å². The summed E-state index contributed by atoms with van der Waals surface area (Å²) >= 11 is 5.96. The highest BCUT2D eigenvalue weighted by molar-refractivity contribution is 6.31. The fraction of sp³-hybridized carbons (Fsp3) is 0.222. The largest absolute Gasteiger partial charge is 0.325 e. The monoisotopic (exact) mass is 373 g/mol. The van der Waals surface area contributed by atoms with Gasteiger partial charge in [0.15, 0.2) is 0 Å². The second kappa shape index (κ2) is 7.13. The van der Waals surface area contributed by atoms with Crippen LogP contribution in [-0.2, 0) is 9.59 Å². The van der Waals surface area contributed by atoms with Gasteiger partial charge in [0.25, 0.3) is 5.69 Å². The van der Waals surface area contributed by atoms with Crippen molar-refractivity contribution >= 4 is 40.5 Å². The number of anilines is 2. The fourth-order valence-corrected chi connectivity index (χ4v) is 3.04. The van der Waals surface area contributed by atoms with E-state index in [4.69, 9.17) is 11.6 Å². The van der Waals surface area contributed by atoms with Gasteiger partial charge in [0, 0.05) is 35.8 Å². The summed E-state index contributed by atoms with van der Waals surface area (Å²) in [5.41, 5.74) is 1.78. The van der Waals surface area contributed by atoms with Gasteiger partial charge in [0.1, 0.15) is 0 Å². The molecular weight excluding hydrogens is 358 g/mol. The Morgan fingerprint density at radius 3 is 2.81 bits per heavy atom. The van der Waals surface area contributed by atoms with Crippen molar-refractivity contribution in [3.8, 4) is 0 Å². The van der Waals surface area contributed by atoms with Crippen molar-refractivity contribution in [3.05, 3.63) is 63.2 Å². The number of nitro groups is 1. The van der Waals surface area contributed by atoms with Crippen LogP contribution in [0.4, 0.5) is 17.1 Å². The summed E-state index contributed by atoms with van der Waals surface area (Å²) in [5, 5.41) is 14.2. The van der Waals surface area contributed by atoms with Gasteiger partial charge >= 0.3 is 0 Å². The highest BCUT2D eigenvalue weighted by Gasteiger charge is 2.35. The number of amides is 2. The quantitative estimate of drug-likeness (QED) is 0.655. The molecule has 1 heterocycles. The maximum absolute atomic E-state index is 12.5. The molecule has 1 atom stereocenters. The Kier molecular flexibility index (Phi) is 4.90. The highest BCUT2D eigenvalue weighted by atomic mass is 35.5. The van der Waals surface area contributed by atoms with Gasteiger partial charge < -0.3 is 10.2 Å². The van der Waals surface area contributed by atoms with Crippen LogP contribution in [0.2, 0.25) is 5.02 Å². The van der Waals surface area contributed by atoms with Gasteiger partial charge in [0.2, 0.25) is 11.8 Å². The van der Waals surface area contributed by atoms with Crippen LogP contribution in [-0.4, -0.2) is 23.3 Å². The average Bonchev–Trinajstić information content (AvgIpc) is 3.00. The summed E-state index contributed by atoms with van der Waals surface area (Å²) in [6, 6.07) is 11.0. The standard InChI is InChI=1S/C18H16ClN3O4/c1-11-5-6-13(19)8-16(11)20-18(24)12-7-17(23)21(10-12)14-3-2-4-15(9-14)22(25)26/h2-6,8-9,12H,7,10H2,1H3,(H,20,24)/t12-/m0/s1. The van der Waals surface area contributed by atoms with Gasteiger partial charge in [-0.05, 0) is 30.7 Å². The van der Waals surface area contributed by atoms with Crippen LogP contribution in [0, 0.1) is 23.0 Å². The second-order valence-electron chi connectivity index (χ2n) is 6.13. The van der Waals surface area contributed by atoms with Crippen LogP contribution in [0.15, 0.2) is 42.5 Å². The molecule has 0 unspecified atom stereocenters. The molecule has 0 bridgehead atoms. The number of nitro benzene ring substituents is 1. The fourth-order valence-electron chi connectivity index (χ4n) is 2.87. The third-order valence-electron chi connectivity index (χ3n) is 4.31. The summed E-state index contributed by atoms with van der Waals surface area (Å²) < 4.78 is 0. The van der Waals surface area contributed by atoms with Crippen molar-refractivity contribution in [1.29, 1.82) is 0 Å². The van der Waals surface area contributed by atoms with E-state index in [1.165, 1.54) is 23.1 Å². The Morgan fingerprint density at radius 2 is 2.08 bits per heavy atom. The van der Waals surface area contributed by atoms with E-state index in [0.717, 1.165) is 5.56 Å². The van der Waals surface area contributed by atoms with E-state index in [-0.39, 0.29) is 30.5 Å². The van der Waals surface area contributed by atoms with Gasteiger partial charge in [0.05, 0.1) is 16.5 Å². The summed E-state index contributed by atoms with van der Waals surface area (Å²) in [5.74, 6) is -1.06. The maximum Gasteiger partial charge on any atom is 0.271 e. The molecule has 26 heavy (non-hydrogen) atoms. The Balaban J connectivity index is 1.75. The minimum absolute atomic E-state index is 0.0497. The molecule has 3 rings (SSSR count). The minimum Gasteiger partial charge on any atom is -0.325 e. The number of non-ortho nitro benzene ring substituents is 1. The summed E-state index contributed by atoms with van der Waals surface area (Å²) in [4.78, 5) is 36.6. The van der Waals surface area contributed by atoms with Crippen LogP contribution in [0.3, 0.4) is 0 Å². The van der Waals surface area contributed by atoms with E-state index in [1.807, 2.05) is 6.92 Å². The van der Waals surface area contributed by atoms with Gasteiger partial charge in [-0.25, -0.2) is 0 Å². The van der Waals surface area contributed by atoms with Crippen molar-refractivity contribution in [2.24, 2.45) is 5.92 Å². The molecule has 1 fully saturated rings. The number of nitrogens with one attached hydrogen (secondary N) is 1. The van der Waals surface area contributed by atoms with Gasteiger partial charge in [-0.15, -0.1) is 0 Å². The van der Waals surface area contributed by atoms with E-state index in [9.17, 15) is 19.7 Å². The molecule has 0 aromatic heterocycles. The van der Waals surface area contributed by atoms with Crippen molar-refractivity contribution in [2.45, 2.75) is 13.3 Å². The predicted octanol–water partition coefficient (Wildman–Crippen LogP) is 3.55. The Morgan fingerprint density at radius 1 is 1.31 bits per heavy atom. The second-order valence-corrected chi connectivity index (χ2v) is 6.57. The Labute approximate surface area is 154 Å². The highest BCUT2D eigenvalue weighted by Crippen LogP contribution is 2.29. The smallest absolute Gasteiger partial charge is 0.271 e.